The summed E-state index contributed by atoms with van der Waals surface area (Å²) in [5.41, 5.74) is 1.31. The number of fused-ring (bicyclic) bond motifs is 1. The number of carbonyl (C=O) groups is 1. The number of rotatable bonds is 3. The molecule has 1 aliphatic rings. The average molecular weight is 301 g/mol. The summed E-state index contributed by atoms with van der Waals surface area (Å²) in [6.45, 7) is 3.43. The van der Waals surface area contributed by atoms with Crippen molar-refractivity contribution < 1.29 is 13.9 Å². The molecule has 0 atom stereocenters. The van der Waals surface area contributed by atoms with Crippen molar-refractivity contribution in [3.8, 4) is 5.75 Å². The van der Waals surface area contributed by atoms with Crippen LogP contribution in [0.1, 0.15) is 24.0 Å². The number of likely N-dealkylation sites (tertiary alicyclic amines) is 1. The van der Waals surface area contributed by atoms with Crippen LogP contribution < -0.4 is 10.4 Å². The van der Waals surface area contributed by atoms with Crippen LogP contribution in [0, 0.1) is 6.92 Å². The molecule has 1 fully saturated rings. The lowest BCUT2D eigenvalue weighted by atomic mass is 10.0. The van der Waals surface area contributed by atoms with E-state index in [9.17, 15) is 9.59 Å². The summed E-state index contributed by atoms with van der Waals surface area (Å²) in [4.78, 5) is 26.3. The first-order valence-corrected chi connectivity index (χ1v) is 7.48. The molecule has 2 aromatic rings. The van der Waals surface area contributed by atoms with Gasteiger partial charge in [-0.15, -0.1) is 0 Å². The van der Waals surface area contributed by atoms with Crippen LogP contribution in [0.25, 0.3) is 11.0 Å². The zero-order valence-corrected chi connectivity index (χ0v) is 12.8. The SMILES string of the molecule is COc1ccc2c(C)c(CC(=O)N3CCCC3)c(=O)oc2c1. The van der Waals surface area contributed by atoms with Crippen LogP contribution in [0.3, 0.4) is 0 Å². The Bertz CT molecular complexity index is 772. The average Bonchev–Trinajstić information content (AvgIpc) is 3.05. The molecule has 1 aromatic carbocycles. The van der Waals surface area contributed by atoms with Gasteiger partial charge in [0.05, 0.1) is 19.1 Å². The Morgan fingerprint density at radius 1 is 1.32 bits per heavy atom. The molecule has 22 heavy (non-hydrogen) atoms. The molecule has 2 heterocycles. The maximum absolute atomic E-state index is 12.3. The van der Waals surface area contributed by atoms with Crippen LogP contribution in [0.15, 0.2) is 27.4 Å². The van der Waals surface area contributed by atoms with Crippen LogP contribution >= 0.6 is 0 Å². The fraction of sp³-hybridized carbons (Fsp3) is 0.412. The van der Waals surface area contributed by atoms with Crippen LogP contribution in [0.2, 0.25) is 0 Å². The summed E-state index contributed by atoms with van der Waals surface area (Å²) in [7, 11) is 1.56. The summed E-state index contributed by atoms with van der Waals surface area (Å²) >= 11 is 0. The van der Waals surface area contributed by atoms with Gasteiger partial charge in [-0.2, -0.15) is 0 Å². The van der Waals surface area contributed by atoms with Gasteiger partial charge < -0.3 is 14.1 Å². The molecule has 0 N–H and O–H groups in total. The molecular formula is C17H19NO4. The zero-order chi connectivity index (χ0) is 15.7. The first kappa shape index (κ1) is 14.6. The minimum Gasteiger partial charge on any atom is -0.497 e. The molecule has 0 aliphatic carbocycles. The Morgan fingerprint density at radius 2 is 2.05 bits per heavy atom. The van der Waals surface area contributed by atoms with Crippen LogP contribution in [0.5, 0.6) is 5.75 Å². The Labute approximate surface area is 128 Å². The lowest BCUT2D eigenvalue weighted by Gasteiger charge is -2.15. The lowest BCUT2D eigenvalue weighted by Crippen LogP contribution is -2.31. The highest BCUT2D eigenvalue weighted by Crippen LogP contribution is 2.24. The molecule has 1 aliphatic heterocycles. The second kappa shape index (κ2) is 5.83. The molecule has 116 valence electrons. The maximum atomic E-state index is 12.3. The van der Waals surface area contributed by atoms with Crippen LogP contribution in [-0.4, -0.2) is 31.0 Å². The number of amides is 1. The monoisotopic (exact) mass is 301 g/mol. The number of benzene rings is 1. The van der Waals surface area contributed by atoms with E-state index < -0.39 is 5.63 Å². The molecule has 0 bridgehead atoms. The van der Waals surface area contributed by atoms with Crippen molar-refractivity contribution in [3.05, 3.63) is 39.7 Å². The van der Waals surface area contributed by atoms with Crippen molar-refractivity contribution in [2.75, 3.05) is 20.2 Å². The minimum absolute atomic E-state index is 0.000705. The van der Waals surface area contributed by atoms with Gasteiger partial charge in [0.1, 0.15) is 11.3 Å². The van der Waals surface area contributed by atoms with E-state index >= 15 is 0 Å². The predicted octanol–water partition coefficient (Wildman–Crippen LogP) is 2.27. The molecule has 5 heteroatoms. The standard InChI is InChI=1S/C17H19NO4/c1-11-13-6-5-12(21-2)9-15(13)22-17(20)14(11)10-16(19)18-7-3-4-8-18/h5-6,9H,3-4,7-8,10H2,1-2H3. The van der Waals surface area contributed by atoms with Gasteiger partial charge in [-0.3, -0.25) is 4.79 Å². The largest absolute Gasteiger partial charge is 0.497 e. The van der Waals surface area contributed by atoms with Crippen molar-refractivity contribution in [1.82, 2.24) is 4.90 Å². The summed E-state index contributed by atoms with van der Waals surface area (Å²) < 4.78 is 10.5. The van der Waals surface area contributed by atoms with Gasteiger partial charge in [0.15, 0.2) is 0 Å². The predicted molar refractivity (Wildman–Crippen MR) is 83.3 cm³/mol. The van der Waals surface area contributed by atoms with E-state index in [1.165, 1.54) is 0 Å². The van der Waals surface area contributed by atoms with Gasteiger partial charge in [0.25, 0.3) is 0 Å². The van der Waals surface area contributed by atoms with Gasteiger partial charge in [-0.25, -0.2) is 4.79 Å². The van der Waals surface area contributed by atoms with Crippen molar-refractivity contribution in [2.45, 2.75) is 26.2 Å². The topological polar surface area (TPSA) is 59.8 Å². The van der Waals surface area contributed by atoms with E-state index in [1.807, 2.05) is 24.0 Å². The van der Waals surface area contributed by atoms with Crippen molar-refractivity contribution in [3.63, 3.8) is 0 Å². The highest BCUT2D eigenvalue weighted by Gasteiger charge is 2.21. The minimum atomic E-state index is -0.439. The summed E-state index contributed by atoms with van der Waals surface area (Å²) in [5.74, 6) is 0.636. The first-order valence-electron chi connectivity index (χ1n) is 7.48. The normalized spacial score (nSPS) is 14.5. The molecule has 0 unspecified atom stereocenters. The number of methoxy groups -OCH3 is 1. The van der Waals surface area contributed by atoms with Gasteiger partial charge >= 0.3 is 5.63 Å². The molecular weight excluding hydrogens is 282 g/mol. The Hall–Kier alpha value is -2.30. The Balaban J connectivity index is 1.99. The lowest BCUT2D eigenvalue weighted by molar-refractivity contribution is -0.129. The van der Waals surface area contributed by atoms with Crippen LogP contribution in [0.4, 0.5) is 0 Å². The van der Waals surface area contributed by atoms with Crippen molar-refractivity contribution >= 4 is 16.9 Å². The molecule has 1 saturated heterocycles. The van der Waals surface area contributed by atoms with E-state index in [0.717, 1.165) is 36.9 Å². The number of hydrogen-bond donors (Lipinski definition) is 0. The number of aryl methyl sites for hydroxylation is 1. The Kier molecular flexibility index (Phi) is 3.88. The fourth-order valence-corrected chi connectivity index (χ4v) is 2.94. The summed E-state index contributed by atoms with van der Waals surface area (Å²) in [6, 6.07) is 5.37. The smallest absolute Gasteiger partial charge is 0.340 e. The molecule has 0 spiro atoms. The van der Waals surface area contributed by atoms with E-state index in [0.29, 0.717) is 16.9 Å². The van der Waals surface area contributed by atoms with E-state index in [-0.39, 0.29) is 12.3 Å². The van der Waals surface area contributed by atoms with E-state index in [4.69, 9.17) is 9.15 Å². The third-order valence-corrected chi connectivity index (χ3v) is 4.28. The van der Waals surface area contributed by atoms with Gasteiger partial charge in [-0.1, -0.05) is 0 Å². The number of nitrogens with zero attached hydrogens (tertiary/aromatic N) is 1. The zero-order valence-electron chi connectivity index (χ0n) is 12.8. The number of carbonyl (C=O) groups excluding carboxylic acids is 1. The van der Waals surface area contributed by atoms with E-state index in [2.05, 4.69) is 0 Å². The highest BCUT2D eigenvalue weighted by molar-refractivity contribution is 5.85. The number of ether oxygens (including phenoxy) is 1. The number of hydrogen-bond acceptors (Lipinski definition) is 4. The van der Waals surface area contributed by atoms with Crippen molar-refractivity contribution in [1.29, 1.82) is 0 Å². The molecule has 0 radical (unpaired) electrons. The molecule has 3 rings (SSSR count). The second-order valence-corrected chi connectivity index (χ2v) is 5.62. The van der Waals surface area contributed by atoms with Crippen molar-refractivity contribution in [2.24, 2.45) is 0 Å². The third-order valence-electron chi connectivity index (χ3n) is 4.28. The fourth-order valence-electron chi connectivity index (χ4n) is 2.94. The molecule has 1 amide bonds. The molecule has 1 aromatic heterocycles. The third kappa shape index (κ3) is 2.58. The summed E-state index contributed by atoms with van der Waals surface area (Å²) in [6.07, 6.45) is 2.18. The quantitative estimate of drug-likeness (QED) is 0.816. The molecule has 5 nitrogen and oxygen atoms in total. The van der Waals surface area contributed by atoms with E-state index in [1.54, 1.807) is 13.2 Å². The highest BCUT2D eigenvalue weighted by atomic mass is 16.5. The van der Waals surface area contributed by atoms with Gasteiger partial charge in [-0.05, 0) is 37.5 Å². The van der Waals surface area contributed by atoms with Crippen LogP contribution in [-0.2, 0) is 11.2 Å². The maximum Gasteiger partial charge on any atom is 0.340 e. The Morgan fingerprint density at radius 3 is 2.73 bits per heavy atom. The van der Waals surface area contributed by atoms with Gasteiger partial charge in [0.2, 0.25) is 5.91 Å². The second-order valence-electron chi connectivity index (χ2n) is 5.62. The molecule has 0 saturated carbocycles. The summed E-state index contributed by atoms with van der Waals surface area (Å²) in [5, 5.41) is 0.838. The first-order chi connectivity index (χ1) is 10.6. The van der Waals surface area contributed by atoms with Gasteiger partial charge in [0, 0.05) is 24.5 Å².